The van der Waals surface area contributed by atoms with E-state index in [0.29, 0.717) is 0 Å². The van der Waals surface area contributed by atoms with Gasteiger partial charge in [0.05, 0.1) is 0 Å². The van der Waals surface area contributed by atoms with Gasteiger partial charge < -0.3 is 0 Å². The van der Waals surface area contributed by atoms with E-state index in [1.54, 1.807) is 18.7 Å². The SMILES string of the molecule is c1ccc(-n2cnc3cccnc32)nc1. The molecule has 0 N–H and O–H groups in total. The lowest BCUT2D eigenvalue weighted by Crippen LogP contribution is -1.95. The molecule has 0 amide bonds. The number of aromatic nitrogens is 4. The summed E-state index contributed by atoms with van der Waals surface area (Å²) in [5, 5.41) is 0. The van der Waals surface area contributed by atoms with Crippen molar-refractivity contribution in [3.63, 3.8) is 0 Å². The highest BCUT2D eigenvalue weighted by atomic mass is 15.1. The van der Waals surface area contributed by atoms with Crippen molar-refractivity contribution in [1.82, 2.24) is 19.5 Å². The smallest absolute Gasteiger partial charge is 0.165 e. The van der Waals surface area contributed by atoms with Crippen LogP contribution in [0.4, 0.5) is 0 Å². The van der Waals surface area contributed by atoms with Crippen LogP contribution >= 0.6 is 0 Å². The highest BCUT2D eigenvalue weighted by Crippen LogP contribution is 2.12. The summed E-state index contributed by atoms with van der Waals surface area (Å²) in [4.78, 5) is 12.8. The van der Waals surface area contributed by atoms with Crippen LogP contribution in [0.5, 0.6) is 0 Å². The molecule has 3 aromatic rings. The molecule has 0 unspecified atom stereocenters. The van der Waals surface area contributed by atoms with E-state index < -0.39 is 0 Å². The largest absolute Gasteiger partial charge is 0.267 e. The van der Waals surface area contributed by atoms with Gasteiger partial charge in [-0.05, 0) is 24.3 Å². The zero-order valence-corrected chi connectivity index (χ0v) is 7.91. The second-order valence-corrected chi connectivity index (χ2v) is 3.15. The Kier molecular flexibility index (Phi) is 1.71. The van der Waals surface area contributed by atoms with E-state index >= 15 is 0 Å². The summed E-state index contributed by atoms with van der Waals surface area (Å²) in [5.41, 5.74) is 1.71. The summed E-state index contributed by atoms with van der Waals surface area (Å²) in [6.45, 7) is 0. The van der Waals surface area contributed by atoms with Gasteiger partial charge in [-0.2, -0.15) is 0 Å². The molecule has 0 atom stereocenters. The van der Waals surface area contributed by atoms with E-state index in [1.165, 1.54) is 0 Å². The van der Waals surface area contributed by atoms with Crippen LogP contribution in [0.25, 0.3) is 17.0 Å². The molecule has 3 aromatic heterocycles. The molecule has 0 saturated carbocycles. The van der Waals surface area contributed by atoms with Crippen LogP contribution in [0.2, 0.25) is 0 Å². The first-order chi connectivity index (χ1) is 7.45. The second-order valence-electron chi connectivity index (χ2n) is 3.15. The van der Waals surface area contributed by atoms with Gasteiger partial charge in [-0.3, -0.25) is 4.57 Å². The molecular formula is C11H8N4. The normalized spacial score (nSPS) is 10.7. The van der Waals surface area contributed by atoms with Crippen molar-refractivity contribution in [2.24, 2.45) is 0 Å². The number of hydrogen-bond donors (Lipinski definition) is 0. The maximum atomic E-state index is 4.28. The van der Waals surface area contributed by atoms with Crippen molar-refractivity contribution in [2.45, 2.75) is 0 Å². The molecule has 3 rings (SSSR count). The van der Waals surface area contributed by atoms with Crippen LogP contribution in [-0.4, -0.2) is 19.5 Å². The van der Waals surface area contributed by atoms with Crippen molar-refractivity contribution in [3.8, 4) is 5.82 Å². The van der Waals surface area contributed by atoms with E-state index in [2.05, 4.69) is 15.0 Å². The minimum atomic E-state index is 0.830. The van der Waals surface area contributed by atoms with E-state index in [4.69, 9.17) is 0 Å². The topological polar surface area (TPSA) is 43.6 Å². The molecule has 0 aliphatic carbocycles. The lowest BCUT2D eigenvalue weighted by Gasteiger charge is -2.00. The van der Waals surface area contributed by atoms with Crippen molar-refractivity contribution < 1.29 is 0 Å². The van der Waals surface area contributed by atoms with Crippen molar-refractivity contribution in [1.29, 1.82) is 0 Å². The standard InChI is InChI=1S/C11H8N4/c1-2-6-12-10(5-1)15-8-14-9-4-3-7-13-11(9)15/h1-8H. The maximum absolute atomic E-state index is 4.28. The fourth-order valence-electron chi connectivity index (χ4n) is 1.51. The number of nitrogens with zero attached hydrogens (tertiary/aromatic N) is 4. The van der Waals surface area contributed by atoms with E-state index in [1.807, 2.05) is 34.9 Å². The van der Waals surface area contributed by atoms with Gasteiger partial charge in [-0.15, -0.1) is 0 Å². The van der Waals surface area contributed by atoms with Crippen LogP contribution in [0.1, 0.15) is 0 Å². The number of fused-ring (bicyclic) bond motifs is 1. The quantitative estimate of drug-likeness (QED) is 0.596. The third-order valence-electron chi connectivity index (χ3n) is 2.20. The Bertz CT molecular complexity index is 586. The van der Waals surface area contributed by atoms with E-state index in [9.17, 15) is 0 Å². The van der Waals surface area contributed by atoms with Gasteiger partial charge in [0.15, 0.2) is 5.65 Å². The summed E-state index contributed by atoms with van der Waals surface area (Å²) in [6, 6.07) is 9.56. The maximum Gasteiger partial charge on any atom is 0.165 e. The number of imidazole rings is 1. The summed E-state index contributed by atoms with van der Waals surface area (Å²) in [6.07, 6.45) is 5.24. The Morgan fingerprint density at radius 2 is 1.80 bits per heavy atom. The van der Waals surface area contributed by atoms with Gasteiger partial charge in [0, 0.05) is 12.4 Å². The zero-order chi connectivity index (χ0) is 10.1. The van der Waals surface area contributed by atoms with E-state index in [0.717, 1.165) is 17.0 Å². The fraction of sp³-hybridized carbons (Fsp3) is 0. The van der Waals surface area contributed by atoms with Crippen molar-refractivity contribution >= 4 is 11.2 Å². The summed E-state index contributed by atoms with van der Waals surface area (Å²) in [7, 11) is 0. The summed E-state index contributed by atoms with van der Waals surface area (Å²) in [5.74, 6) is 0.832. The molecule has 15 heavy (non-hydrogen) atoms. The van der Waals surface area contributed by atoms with Gasteiger partial charge in [0.25, 0.3) is 0 Å². The predicted molar refractivity (Wildman–Crippen MR) is 56.7 cm³/mol. The van der Waals surface area contributed by atoms with Crippen LogP contribution in [0, 0.1) is 0 Å². The van der Waals surface area contributed by atoms with Crippen LogP contribution in [-0.2, 0) is 0 Å². The fourth-order valence-corrected chi connectivity index (χ4v) is 1.51. The molecular weight excluding hydrogens is 188 g/mol. The molecule has 4 nitrogen and oxygen atoms in total. The van der Waals surface area contributed by atoms with Gasteiger partial charge >= 0.3 is 0 Å². The zero-order valence-electron chi connectivity index (χ0n) is 7.91. The number of rotatable bonds is 1. The van der Waals surface area contributed by atoms with Gasteiger partial charge in [-0.25, -0.2) is 15.0 Å². The first-order valence-corrected chi connectivity index (χ1v) is 4.64. The summed E-state index contributed by atoms with van der Waals surface area (Å²) < 4.78 is 1.87. The van der Waals surface area contributed by atoms with Crippen LogP contribution < -0.4 is 0 Å². The Morgan fingerprint density at radius 1 is 0.867 bits per heavy atom. The Balaban J connectivity index is 2.28. The number of hydrogen-bond acceptors (Lipinski definition) is 3. The van der Waals surface area contributed by atoms with Crippen molar-refractivity contribution in [2.75, 3.05) is 0 Å². The lowest BCUT2D eigenvalue weighted by atomic mass is 10.4. The Labute approximate surface area is 86.2 Å². The molecule has 0 radical (unpaired) electrons. The molecule has 72 valence electrons. The molecule has 0 fully saturated rings. The highest BCUT2D eigenvalue weighted by molar-refractivity contribution is 5.71. The third kappa shape index (κ3) is 1.27. The molecule has 0 aliphatic heterocycles. The van der Waals surface area contributed by atoms with E-state index in [-0.39, 0.29) is 0 Å². The Morgan fingerprint density at radius 3 is 2.67 bits per heavy atom. The summed E-state index contributed by atoms with van der Waals surface area (Å²) >= 11 is 0. The first kappa shape index (κ1) is 8.11. The van der Waals surface area contributed by atoms with Gasteiger partial charge in [0.1, 0.15) is 17.7 Å². The molecule has 0 saturated heterocycles. The van der Waals surface area contributed by atoms with Crippen molar-refractivity contribution in [3.05, 3.63) is 49.1 Å². The Hall–Kier alpha value is -2.23. The lowest BCUT2D eigenvalue weighted by molar-refractivity contribution is 1.01. The highest BCUT2D eigenvalue weighted by Gasteiger charge is 2.04. The van der Waals surface area contributed by atoms with Crippen LogP contribution in [0.15, 0.2) is 49.1 Å². The molecule has 3 heterocycles. The first-order valence-electron chi connectivity index (χ1n) is 4.64. The monoisotopic (exact) mass is 196 g/mol. The molecule has 0 aromatic carbocycles. The predicted octanol–water partition coefficient (Wildman–Crippen LogP) is 1.82. The van der Waals surface area contributed by atoms with Gasteiger partial charge in [0.2, 0.25) is 0 Å². The molecule has 0 spiro atoms. The number of pyridine rings is 2. The average molecular weight is 196 g/mol. The average Bonchev–Trinajstić information content (AvgIpc) is 2.74. The molecule has 0 aliphatic rings. The third-order valence-corrected chi connectivity index (χ3v) is 2.20. The molecule has 0 bridgehead atoms. The second kappa shape index (κ2) is 3.16. The minimum Gasteiger partial charge on any atom is -0.267 e. The minimum absolute atomic E-state index is 0.830. The van der Waals surface area contributed by atoms with Gasteiger partial charge in [-0.1, -0.05) is 6.07 Å². The molecule has 4 heteroatoms. The van der Waals surface area contributed by atoms with Crippen LogP contribution in [0.3, 0.4) is 0 Å².